The van der Waals surface area contributed by atoms with Crippen LogP contribution in [0.5, 0.6) is 0 Å². The molecule has 1 heterocycles. The fraction of sp³-hybridized carbons (Fsp3) is 0.500. The van der Waals surface area contributed by atoms with Gasteiger partial charge < -0.3 is 10.0 Å². The molecule has 0 aromatic heterocycles. The summed E-state index contributed by atoms with van der Waals surface area (Å²) in [6.07, 6.45) is 0.764. The highest BCUT2D eigenvalue weighted by Crippen LogP contribution is 2.29. The molecule has 0 fully saturated rings. The number of aliphatic hydroxyl groups excluding tert-OH is 1. The number of rotatable bonds is 2. The molecule has 1 atom stereocenters. The maximum absolute atomic E-state index is 9.46. The van der Waals surface area contributed by atoms with Gasteiger partial charge in [-0.05, 0) is 37.5 Å². The predicted octanol–water partition coefficient (Wildman–Crippen LogP) is 2.12. The Labute approximate surface area is 85.2 Å². The van der Waals surface area contributed by atoms with Gasteiger partial charge in [0.05, 0.1) is 6.10 Å². The van der Waals surface area contributed by atoms with E-state index in [9.17, 15) is 5.11 Å². The molecule has 1 N–H and O–H groups in total. The lowest BCUT2D eigenvalue weighted by Gasteiger charge is -2.16. The zero-order valence-electron chi connectivity index (χ0n) is 8.83. The maximum Gasteiger partial charge on any atom is 0.0762 e. The summed E-state index contributed by atoms with van der Waals surface area (Å²) in [7, 11) is 0. The van der Waals surface area contributed by atoms with Gasteiger partial charge >= 0.3 is 0 Å². The van der Waals surface area contributed by atoms with Crippen LogP contribution >= 0.6 is 0 Å². The smallest absolute Gasteiger partial charge is 0.0762 e. The van der Waals surface area contributed by atoms with E-state index in [0.29, 0.717) is 0 Å². The van der Waals surface area contributed by atoms with Crippen molar-refractivity contribution < 1.29 is 5.11 Å². The minimum absolute atomic E-state index is 0.351. The van der Waals surface area contributed by atoms with Crippen LogP contribution in [0, 0.1) is 0 Å². The molecule has 1 aliphatic rings. The Morgan fingerprint density at radius 1 is 1.50 bits per heavy atom. The maximum atomic E-state index is 9.46. The Bertz CT molecular complexity index is 333. The molecule has 2 nitrogen and oxygen atoms in total. The molecule has 0 amide bonds. The van der Waals surface area contributed by atoms with Gasteiger partial charge in [-0.25, -0.2) is 0 Å². The van der Waals surface area contributed by atoms with Crippen LogP contribution in [0.2, 0.25) is 0 Å². The van der Waals surface area contributed by atoms with Crippen LogP contribution in [-0.2, 0) is 6.42 Å². The molecular weight excluding hydrogens is 174 g/mol. The highest BCUT2D eigenvalue weighted by molar-refractivity contribution is 5.59. The van der Waals surface area contributed by atoms with Crippen molar-refractivity contribution in [2.24, 2.45) is 0 Å². The second-order valence-corrected chi connectivity index (χ2v) is 3.89. The van der Waals surface area contributed by atoms with E-state index in [-0.39, 0.29) is 6.10 Å². The monoisotopic (exact) mass is 191 g/mol. The van der Waals surface area contributed by atoms with E-state index in [0.717, 1.165) is 25.1 Å². The van der Waals surface area contributed by atoms with Gasteiger partial charge in [-0.3, -0.25) is 0 Å². The summed E-state index contributed by atoms with van der Waals surface area (Å²) >= 11 is 0. The van der Waals surface area contributed by atoms with Gasteiger partial charge in [-0.15, -0.1) is 0 Å². The lowest BCUT2D eigenvalue weighted by Crippen LogP contribution is -2.19. The zero-order valence-corrected chi connectivity index (χ0v) is 8.83. The lowest BCUT2D eigenvalue weighted by molar-refractivity contribution is 0.199. The molecule has 2 heteroatoms. The van der Waals surface area contributed by atoms with Crippen molar-refractivity contribution >= 4 is 5.69 Å². The molecule has 1 aromatic rings. The van der Waals surface area contributed by atoms with E-state index in [4.69, 9.17) is 0 Å². The molecule has 1 aromatic carbocycles. The predicted molar refractivity (Wildman–Crippen MR) is 58.7 cm³/mol. The number of hydrogen-bond donors (Lipinski definition) is 1. The third-order valence-corrected chi connectivity index (χ3v) is 2.96. The Kier molecular flexibility index (Phi) is 2.46. The van der Waals surface area contributed by atoms with E-state index < -0.39 is 0 Å². The molecule has 0 bridgehead atoms. The summed E-state index contributed by atoms with van der Waals surface area (Å²) in [6.45, 7) is 6.18. The highest BCUT2D eigenvalue weighted by Gasteiger charge is 2.18. The topological polar surface area (TPSA) is 23.5 Å². The largest absolute Gasteiger partial charge is 0.389 e. The second-order valence-electron chi connectivity index (χ2n) is 3.89. The van der Waals surface area contributed by atoms with Gasteiger partial charge in [0.2, 0.25) is 0 Å². The summed E-state index contributed by atoms with van der Waals surface area (Å²) in [5, 5.41) is 9.46. The lowest BCUT2D eigenvalue weighted by atomic mass is 10.1. The Morgan fingerprint density at radius 2 is 2.29 bits per heavy atom. The van der Waals surface area contributed by atoms with Crippen LogP contribution in [0.25, 0.3) is 0 Å². The van der Waals surface area contributed by atoms with E-state index in [1.165, 1.54) is 11.3 Å². The fourth-order valence-corrected chi connectivity index (χ4v) is 2.08. The first-order valence-electron chi connectivity index (χ1n) is 5.28. The van der Waals surface area contributed by atoms with Crippen LogP contribution in [-0.4, -0.2) is 18.2 Å². The molecule has 0 radical (unpaired) electrons. The molecule has 1 aliphatic heterocycles. The summed E-state index contributed by atoms with van der Waals surface area (Å²) in [5.41, 5.74) is 3.75. The summed E-state index contributed by atoms with van der Waals surface area (Å²) in [5.74, 6) is 0. The van der Waals surface area contributed by atoms with Crippen molar-refractivity contribution in [1.29, 1.82) is 0 Å². The Balaban J connectivity index is 2.34. The van der Waals surface area contributed by atoms with E-state index in [2.05, 4.69) is 24.0 Å². The Hall–Kier alpha value is -1.02. The summed E-state index contributed by atoms with van der Waals surface area (Å²) < 4.78 is 0. The highest BCUT2D eigenvalue weighted by atomic mass is 16.3. The molecule has 0 saturated carbocycles. The molecule has 0 spiro atoms. The van der Waals surface area contributed by atoms with Gasteiger partial charge in [-0.2, -0.15) is 0 Å². The van der Waals surface area contributed by atoms with Crippen molar-refractivity contribution in [3.8, 4) is 0 Å². The quantitative estimate of drug-likeness (QED) is 0.774. The van der Waals surface area contributed by atoms with Crippen LogP contribution in [0.15, 0.2) is 18.2 Å². The molecule has 0 unspecified atom stereocenters. The van der Waals surface area contributed by atoms with Crippen LogP contribution in [0.4, 0.5) is 5.69 Å². The molecule has 0 aliphatic carbocycles. The average Bonchev–Trinajstić information content (AvgIpc) is 2.59. The van der Waals surface area contributed by atoms with E-state index >= 15 is 0 Å². The summed E-state index contributed by atoms with van der Waals surface area (Å²) in [4.78, 5) is 2.38. The van der Waals surface area contributed by atoms with Crippen molar-refractivity contribution in [2.75, 3.05) is 18.0 Å². The van der Waals surface area contributed by atoms with Gasteiger partial charge in [0.15, 0.2) is 0 Å². The van der Waals surface area contributed by atoms with Crippen LogP contribution in [0.1, 0.15) is 31.1 Å². The SMILES string of the molecule is CCN1CCc2cc([C@H](C)O)ccc21. The van der Waals surface area contributed by atoms with Crippen molar-refractivity contribution in [1.82, 2.24) is 0 Å². The Morgan fingerprint density at radius 3 is 2.93 bits per heavy atom. The van der Waals surface area contributed by atoms with E-state index in [1.54, 1.807) is 0 Å². The normalized spacial score (nSPS) is 16.9. The van der Waals surface area contributed by atoms with Gasteiger partial charge in [0.25, 0.3) is 0 Å². The van der Waals surface area contributed by atoms with E-state index in [1.807, 2.05) is 13.0 Å². The van der Waals surface area contributed by atoms with Crippen LogP contribution < -0.4 is 4.90 Å². The fourth-order valence-electron chi connectivity index (χ4n) is 2.08. The van der Waals surface area contributed by atoms with Gasteiger partial charge in [0.1, 0.15) is 0 Å². The number of likely N-dealkylation sites (N-methyl/N-ethyl adjacent to an activating group) is 1. The van der Waals surface area contributed by atoms with Crippen LogP contribution in [0.3, 0.4) is 0 Å². The zero-order chi connectivity index (χ0) is 10.1. The number of anilines is 1. The van der Waals surface area contributed by atoms with Gasteiger partial charge in [-0.1, -0.05) is 12.1 Å². The number of hydrogen-bond acceptors (Lipinski definition) is 2. The number of aliphatic hydroxyl groups is 1. The number of nitrogens with zero attached hydrogens (tertiary/aromatic N) is 1. The molecular formula is C12H17NO. The molecule has 14 heavy (non-hydrogen) atoms. The van der Waals surface area contributed by atoms with Crippen molar-refractivity contribution in [2.45, 2.75) is 26.4 Å². The first kappa shape index (κ1) is 9.53. The molecule has 0 saturated heterocycles. The van der Waals surface area contributed by atoms with Crippen molar-refractivity contribution in [3.63, 3.8) is 0 Å². The second kappa shape index (κ2) is 3.62. The third kappa shape index (κ3) is 1.50. The average molecular weight is 191 g/mol. The summed E-state index contributed by atoms with van der Waals surface area (Å²) in [6, 6.07) is 6.29. The molecule has 76 valence electrons. The van der Waals surface area contributed by atoms with Gasteiger partial charge in [0, 0.05) is 18.8 Å². The number of fused-ring (bicyclic) bond motifs is 1. The molecule has 2 rings (SSSR count). The third-order valence-electron chi connectivity index (χ3n) is 2.96. The standard InChI is InChI=1S/C12H17NO/c1-3-13-7-6-11-8-10(9(2)14)4-5-12(11)13/h4-5,8-9,14H,3,6-7H2,1-2H3/t9-/m0/s1. The minimum Gasteiger partial charge on any atom is -0.389 e. The number of benzene rings is 1. The van der Waals surface area contributed by atoms with Crippen molar-refractivity contribution in [3.05, 3.63) is 29.3 Å². The minimum atomic E-state index is -0.351. The first-order valence-corrected chi connectivity index (χ1v) is 5.28. The first-order chi connectivity index (χ1) is 6.72.